The van der Waals surface area contributed by atoms with Crippen LogP contribution >= 0.6 is 0 Å². The van der Waals surface area contributed by atoms with Crippen LogP contribution in [0.5, 0.6) is 0 Å². The number of carbonyl (C=O) groups excluding carboxylic acids is 1. The molecular formula is C20H22N4O2. The Morgan fingerprint density at radius 3 is 2.85 bits per heavy atom. The van der Waals surface area contributed by atoms with Crippen LogP contribution in [0.3, 0.4) is 0 Å². The number of aromatic nitrogens is 3. The van der Waals surface area contributed by atoms with Crippen LogP contribution in [0.4, 0.5) is 0 Å². The summed E-state index contributed by atoms with van der Waals surface area (Å²) in [5.41, 5.74) is 1.97. The fourth-order valence-corrected chi connectivity index (χ4v) is 3.36. The molecule has 0 N–H and O–H groups in total. The van der Waals surface area contributed by atoms with Crippen LogP contribution in [0.1, 0.15) is 30.3 Å². The average Bonchev–Trinajstić information content (AvgIpc) is 3.12. The quantitative estimate of drug-likeness (QED) is 0.710. The minimum Gasteiger partial charge on any atom is -0.370 e. The molecule has 6 nitrogen and oxygen atoms in total. The number of aryl methyl sites for hydroxylation is 1. The number of pyridine rings is 1. The highest BCUT2D eigenvalue weighted by Crippen LogP contribution is 2.22. The van der Waals surface area contributed by atoms with Crippen molar-refractivity contribution in [1.82, 2.24) is 19.5 Å². The molecule has 1 aliphatic heterocycles. The number of carbonyl (C=O) groups is 1. The number of hydrogen-bond acceptors (Lipinski definition) is 4. The molecule has 3 aromatic rings. The highest BCUT2D eigenvalue weighted by atomic mass is 16.5. The molecule has 1 aromatic carbocycles. The van der Waals surface area contributed by atoms with Gasteiger partial charge in [-0.2, -0.15) is 0 Å². The van der Waals surface area contributed by atoms with Gasteiger partial charge in [0.1, 0.15) is 11.9 Å². The molecule has 134 valence electrons. The van der Waals surface area contributed by atoms with Gasteiger partial charge in [0.2, 0.25) is 5.91 Å². The molecule has 6 heteroatoms. The zero-order chi connectivity index (χ0) is 17.8. The minimum atomic E-state index is -0.0330. The normalized spacial score (nSPS) is 17.5. The first-order chi connectivity index (χ1) is 12.8. The third kappa shape index (κ3) is 3.60. The first kappa shape index (κ1) is 16.7. The average molecular weight is 350 g/mol. The maximum absolute atomic E-state index is 12.6. The Morgan fingerprint density at radius 2 is 1.96 bits per heavy atom. The van der Waals surface area contributed by atoms with Crippen LogP contribution in [0.2, 0.25) is 0 Å². The fraction of sp³-hybridized carbons (Fsp3) is 0.350. The van der Waals surface area contributed by atoms with Gasteiger partial charge in [-0.25, -0.2) is 0 Å². The standard InChI is InChI=1S/C20H22N4O2/c25-20(11-6-10-19-22-21-18-9-4-5-12-24(18)19)23-13-14-26-17(15-23)16-7-2-1-3-8-16/h1-5,7-9,12,17H,6,10-11,13-15H2. The molecule has 1 fully saturated rings. The molecule has 2 aromatic heterocycles. The number of ether oxygens (including phenoxy) is 1. The molecule has 26 heavy (non-hydrogen) atoms. The van der Waals surface area contributed by atoms with Crippen molar-refractivity contribution in [1.29, 1.82) is 0 Å². The molecule has 1 amide bonds. The molecule has 3 heterocycles. The van der Waals surface area contributed by atoms with Gasteiger partial charge in [0.15, 0.2) is 5.65 Å². The Kier molecular flexibility index (Phi) is 4.93. The minimum absolute atomic E-state index is 0.0330. The Bertz CT molecular complexity index is 878. The lowest BCUT2D eigenvalue weighted by atomic mass is 10.1. The highest BCUT2D eigenvalue weighted by molar-refractivity contribution is 5.76. The molecule has 1 unspecified atom stereocenters. The number of benzene rings is 1. The van der Waals surface area contributed by atoms with E-state index in [1.807, 2.05) is 51.9 Å². The lowest BCUT2D eigenvalue weighted by Crippen LogP contribution is -2.42. The van der Waals surface area contributed by atoms with E-state index in [2.05, 4.69) is 22.3 Å². The summed E-state index contributed by atoms with van der Waals surface area (Å²) in [7, 11) is 0. The van der Waals surface area contributed by atoms with E-state index in [0.717, 1.165) is 29.9 Å². The van der Waals surface area contributed by atoms with Crippen molar-refractivity contribution >= 4 is 11.6 Å². The van der Waals surface area contributed by atoms with Gasteiger partial charge in [-0.15, -0.1) is 10.2 Å². The fourth-order valence-electron chi connectivity index (χ4n) is 3.36. The number of morpholine rings is 1. The van der Waals surface area contributed by atoms with Crippen molar-refractivity contribution in [3.8, 4) is 0 Å². The van der Waals surface area contributed by atoms with Crippen molar-refractivity contribution in [2.24, 2.45) is 0 Å². The summed E-state index contributed by atoms with van der Waals surface area (Å²) in [6, 6.07) is 15.9. The second-order valence-electron chi connectivity index (χ2n) is 6.51. The van der Waals surface area contributed by atoms with Gasteiger partial charge in [-0.05, 0) is 24.1 Å². The summed E-state index contributed by atoms with van der Waals surface area (Å²) >= 11 is 0. The topological polar surface area (TPSA) is 59.7 Å². The highest BCUT2D eigenvalue weighted by Gasteiger charge is 2.25. The SMILES string of the molecule is O=C(CCCc1nnc2ccccn12)N1CCOC(c2ccccc2)C1. The third-order valence-electron chi connectivity index (χ3n) is 4.77. The van der Waals surface area contributed by atoms with E-state index >= 15 is 0 Å². The predicted molar refractivity (Wildman–Crippen MR) is 97.6 cm³/mol. The monoisotopic (exact) mass is 350 g/mol. The van der Waals surface area contributed by atoms with Crippen LogP contribution in [0.25, 0.3) is 5.65 Å². The van der Waals surface area contributed by atoms with Crippen molar-refractivity contribution in [2.45, 2.75) is 25.4 Å². The summed E-state index contributed by atoms with van der Waals surface area (Å²) in [6.07, 6.45) is 3.95. The maximum Gasteiger partial charge on any atom is 0.222 e. The van der Waals surface area contributed by atoms with Gasteiger partial charge in [-0.1, -0.05) is 36.4 Å². The van der Waals surface area contributed by atoms with Crippen molar-refractivity contribution in [3.63, 3.8) is 0 Å². The number of amides is 1. The second kappa shape index (κ2) is 7.66. The maximum atomic E-state index is 12.6. The molecule has 1 saturated heterocycles. The van der Waals surface area contributed by atoms with Crippen LogP contribution < -0.4 is 0 Å². The zero-order valence-corrected chi connectivity index (χ0v) is 14.6. The van der Waals surface area contributed by atoms with Crippen LogP contribution in [-0.2, 0) is 16.0 Å². The van der Waals surface area contributed by atoms with Gasteiger partial charge in [0.25, 0.3) is 0 Å². The van der Waals surface area contributed by atoms with E-state index in [0.29, 0.717) is 26.1 Å². The lowest BCUT2D eigenvalue weighted by molar-refractivity contribution is -0.139. The van der Waals surface area contributed by atoms with E-state index in [1.165, 1.54) is 0 Å². The summed E-state index contributed by atoms with van der Waals surface area (Å²) in [6.45, 7) is 1.87. The molecular weight excluding hydrogens is 328 g/mol. The number of nitrogens with zero attached hydrogens (tertiary/aromatic N) is 4. The molecule has 0 bridgehead atoms. The Balaban J connectivity index is 1.32. The number of fused-ring (bicyclic) bond motifs is 1. The van der Waals surface area contributed by atoms with Crippen LogP contribution in [0.15, 0.2) is 54.7 Å². The molecule has 1 aliphatic rings. The van der Waals surface area contributed by atoms with E-state index in [1.54, 1.807) is 0 Å². The van der Waals surface area contributed by atoms with E-state index in [-0.39, 0.29) is 12.0 Å². The first-order valence-corrected chi connectivity index (χ1v) is 9.04. The Labute approximate surface area is 152 Å². The molecule has 1 atom stereocenters. The number of rotatable bonds is 5. The van der Waals surface area contributed by atoms with Gasteiger partial charge >= 0.3 is 0 Å². The van der Waals surface area contributed by atoms with Crippen molar-refractivity contribution < 1.29 is 9.53 Å². The Morgan fingerprint density at radius 1 is 1.12 bits per heavy atom. The first-order valence-electron chi connectivity index (χ1n) is 9.04. The molecule has 0 saturated carbocycles. The van der Waals surface area contributed by atoms with Gasteiger partial charge < -0.3 is 9.64 Å². The van der Waals surface area contributed by atoms with Gasteiger partial charge in [0, 0.05) is 25.6 Å². The molecule has 0 spiro atoms. The molecule has 0 radical (unpaired) electrons. The van der Waals surface area contributed by atoms with E-state index in [9.17, 15) is 4.79 Å². The summed E-state index contributed by atoms with van der Waals surface area (Å²) < 4.78 is 7.82. The van der Waals surface area contributed by atoms with Crippen molar-refractivity contribution in [2.75, 3.05) is 19.7 Å². The van der Waals surface area contributed by atoms with Crippen molar-refractivity contribution in [3.05, 3.63) is 66.1 Å². The second-order valence-corrected chi connectivity index (χ2v) is 6.51. The zero-order valence-electron chi connectivity index (χ0n) is 14.6. The molecule has 0 aliphatic carbocycles. The largest absolute Gasteiger partial charge is 0.370 e. The summed E-state index contributed by atoms with van der Waals surface area (Å²) in [4.78, 5) is 14.5. The summed E-state index contributed by atoms with van der Waals surface area (Å²) in [5, 5.41) is 8.38. The van der Waals surface area contributed by atoms with E-state index in [4.69, 9.17) is 4.74 Å². The van der Waals surface area contributed by atoms with Crippen LogP contribution in [0, 0.1) is 0 Å². The Hall–Kier alpha value is -2.73. The van der Waals surface area contributed by atoms with E-state index < -0.39 is 0 Å². The van der Waals surface area contributed by atoms with Crippen LogP contribution in [-0.4, -0.2) is 45.1 Å². The lowest BCUT2D eigenvalue weighted by Gasteiger charge is -2.33. The molecule has 4 rings (SSSR count). The smallest absolute Gasteiger partial charge is 0.222 e. The van der Waals surface area contributed by atoms with Gasteiger partial charge in [-0.3, -0.25) is 9.20 Å². The number of hydrogen-bond donors (Lipinski definition) is 0. The summed E-state index contributed by atoms with van der Waals surface area (Å²) in [5.74, 6) is 1.08. The third-order valence-corrected chi connectivity index (χ3v) is 4.77. The predicted octanol–water partition coefficient (Wildman–Crippen LogP) is 2.65. The van der Waals surface area contributed by atoms with Gasteiger partial charge in [0.05, 0.1) is 13.2 Å².